The van der Waals surface area contributed by atoms with Crippen LogP contribution in [-0.2, 0) is 9.59 Å². The van der Waals surface area contributed by atoms with E-state index in [0.717, 1.165) is 111 Å². The number of hydrogen-bond acceptors (Lipinski definition) is 7. The van der Waals surface area contributed by atoms with Crippen molar-refractivity contribution in [2.24, 2.45) is 0 Å². The first kappa shape index (κ1) is 32.6. The standard InChI is InChI=1S/C22H52N10O2/c1-21(33)31-19-17-29-15-13-27-11-9-25-7-5-23-3-4-24-6-8-26-10-12-28-14-16-30-18-20-32-22(2)34/h23-30H,3-20H2,1-2H3,(H,31,33)(H,32,34)/p+3. The van der Waals surface area contributed by atoms with Gasteiger partial charge in [-0.3, -0.25) is 9.59 Å². The molecule has 0 aromatic heterocycles. The Balaban J connectivity index is 3.03. The largest absolute Gasteiger partial charge is 0.355 e. The van der Waals surface area contributed by atoms with E-state index in [4.69, 9.17) is 0 Å². The minimum Gasteiger partial charge on any atom is -0.355 e. The lowest BCUT2D eigenvalue weighted by molar-refractivity contribution is -0.651. The lowest BCUT2D eigenvalue weighted by atomic mass is 10.5. The summed E-state index contributed by atoms with van der Waals surface area (Å²) in [5, 5.41) is 29.6. The van der Waals surface area contributed by atoms with Crippen molar-refractivity contribution in [2.75, 3.05) is 118 Å². The summed E-state index contributed by atoms with van der Waals surface area (Å²) >= 11 is 0. The number of carbonyl (C=O) groups is 2. The Labute approximate surface area is 206 Å². The highest BCUT2D eigenvalue weighted by atomic mass is 16.2. The van der Waals surface area contributed by atoms with Crippen molar-refractivity contribution in [3.8, 4) is 0 Å². The SMILES string of the molecule is CC(=O)NCCNCC[NH2+]CCNCCNCC[NH2+]CCNCCNCC[NH2+]CCNC(C)=O. The third kappa shape index (κ3) is 30.6. The molecule has 0 radical (unpaired) electrons. The van der Waals surface area contributed by atoms with Gasteiger partial charge in [-0.2, -0.15) is 0 Å². The van der Waals surface area contributed by atoms with E-state index in [-0.39, 0.29) is 11.8 Å². The third-order valence-electron chi connectivity index (χ3n) is 4.98. The Morgan fingerprint density at radius 2 is 0.676 bits per heavy atom. The van der Waals surface area contributed by atoms with E-state index < -0.39 is 0 Å². The molecule has 0 rings (SSSR count). The number of rotatable bonds is 27. The van der Waals surface area contributed by atoms with Gasteiger partial charge in [-0.05, 0) is 0 Å². The Bertz CT molecular complexity index is 417. The molecule has 12 heteroatoms. The first-order valence-electron chi connectivity index (χ1n) is 13.1. The molecule has 0 aliphatic heterocycles. The monoisotopic (exact) mass is 491 g/mol. The van der Waals surface area contributed by atoms with Crippen LogP contribution in [0, 0.1) is 0 Å². The Kier molecular flexibility index (Phi) is 26.7. The molecular formula is C22H55N10O2+3. The highest BCUT2D eigenvalue weighted by Gasteiger charge is 1.96. The van der Waals surface area contributed by atoms with Gasteiger partial charge in [-0.25, -0.2) is 0 Å². The van der Waals surface area contributed by atoms with Crippen molar-refractivity contribution in [1.82, 2.24) is 37.2 Å². The van der Waals surface area contributed by atoms with Gasteiger partial charge in [0.25, 0.3) is 0 Å². The average molecular weight is 492 g/mol. The van der Waals surface area contributed by atoms with Crippen LogP contribution >= 0.6 is 0 Å². The second-order valence-corrected chi connectivity index (χ2v) is 8.31. The second kappa shape index (κ2) is 27.9. The van der Waals surface area contributed by atoms with Crippen LogP contribution in [0.15, 0.2) is 0 Å². The normalized spacial score (nSPS) is 11.0. The van der Waals surface area contributed by atoms with Crippen molar-refractivity contribution in [1.29, 1.82) is 0 Å². The summed E-state index contributed by atoms with van der Waals surface area (Å²) in [7, 11) is 0. The smallest absolute Gasteiger partial charge is 0.217 e. The Morgan fingerprint density at radius 3 is 1.00 bits per heavy atom. The first-order valence-corrected chi connectivity index (χ1v) is 13.1. The van der Waals surface area contributed by atoms with Crippen LogP contribution in [-0.4, -0.2) is 130 Å². The van der Waals surface area contributed by atoms with Crippen LogP contribution in [0.2, 0.25) is 0 Å². The van der Waals surface area contributed by atoms with Gasteiger partial charge in [0.15, 0.2) is 0 Å². The van der Waals surface area contributed by atoms with Gasteiger partial charge in [-0.1, -0.05) is 0 Å². The van der Waals surface area contributed by atoms with E-state index in [1.807, 2.05) is 0 Å². The molecular weight excluding hydrogens is 436 g/mol. The van der Waals surface area contributed by atoms with E-state index in [9.17, 15) is 9.59 Å². The summed E-state index contributed by atoms with van der Waals surface area (Å²) < 4.78 is 0. The van der Waals surface area contributed by atoms with E-state index >= 15 is 0 Å². The topological polar surface area (TPSA) is 168 Å². The first-order chi connectivity index (χ1) is 16.6. The van der Waals surface area contributed by atoms with Crippen LogP contribution in [0.3, 0.4) is 0 Å². The predicted octanol–water partition coefficient (Wildman–Crippen LogP) is -7.10. The zero-order valence-corrected chi connectivity index (χ0v) is 21.8. The van der Waals surface area contributed by atoms with Crippen molar-refractivity contribution in [2.45, 2.75) is 13.8 Å². The molecule has 0 saturated heterocycles. The van der Waals surface area contributed by atoms with Crippen LogP contribution in [0.5, 0.6) is 0 Å². The maximum absolute atomic E-state index is 10.7. The molecule has 0 bridgehead atoms. The van der Waals surface area contributed by atoms with E-state index in [1.165, 1.54) is 0 Å². The highest BCUT2D eigenvalue weighted by Crippen LogP contribution is 1.62. The molecule has 0 spiro atoms. The van der Waals surface area contributed by atoms with E-state index in [0.29, 0.717) is 6.54 Å². The van der Waals surface area contributed by atoms with Gasteiger partial charge in [-0.15, -0.1) is 0 Å². The number of nitrogens with two attached hydrogens (primary N) is 3. The Hall–Kier alpha value is -1.38. The molecule has 0 heterocycles. The number of hydrogen-bond donors (Lipinski definition) is 10. The van der Waals surface area contributed by atoms with Gasteiger partial charge in [0.1, 0.15) is 0 Å². The van der Waals surface area contributed by atoms with Crippen molar-refractivity contribution in [3.63, 3.8) is 0 Å². The molecule has 0 unspecified atom stereocenters. The van der Waals surface area contributed by atoms with Crippen molar-refractivity contribution in [3.05, 3.63) is 0 Å². The molecule has 0 aliphatic rings. The number of carbonyl (C=O) groups excluding carboxylic acids is 2. The molecule has 0 aromatic carbocycles. The fraction of sp³-hybridized carbons (Fsp3) is 0.909. The van der Waals surface area contributed by atoms with Gasteiger partial charge < -0.3 is 53.2 Å². The maximum atomic E-state index is 10.7. The maximum Gasteiger partial charge on any atom is 0.217 e. The summed E-state index contributed by atoms with van der Waals surface area (Å²) in [5.74, 6) is 0.0666. The predicted molar refractivity (Wildman–Crippen MR) is 137 cm³/mol. The summed E-state index contributed by atoms with van der Waals surface area (Å²) in [6.45, 7) is 20.7. The van der Waals surface area contributed by atoms with Crippen LogP contribution < -0.4 is 53.2 Å². The zero-order valence-electron chi connectivity index (χ0n) is 21.8. The molecule has 0 aromatic rings. The number of amides is 2. The molecule has 34 heavy (non-hydrogen) atoms. The van der Waals surface area contributed by atoms with Crippen molar-refractivity contribution >= 4 is 11.8 Å². The lowest BCUT2D eigenvalue weighted by Crippen LogP contribution is -2.87. The Morgan fingerprint density at radius 1 is 0.412 bits per heavy atom. The summed E-state index contributed by atoms with van der Waals surface area (Å²) in [5.41, 5.74) is 0. The van der Waals surface area contributed by atoms with Gasteiger partial charge >= 0.3 is 0 Å². The molecule has 12 nitrogen and oxygen atoms in total. The fourth-order valence-electron chi connectivity index (χ4n) is 3.11. The molecule has 0 fully saturated rings. The summed E-state index contributed by atoms with van der Waals surface area (Å²) in [6.07, 6.45) is 0. The molecule has 13 N–H and O–H groups in total. The van der Waals surface area contributed by atoms with Gasteiger partial charge in [0.2, 0.25) is 11.8 Å². The fourth-order valence-corrected chi connectivity index (χ4v) is 3.11. The minimum atomic E-state index is 0.0267. The van der Waals surface area contributed by atoms with Crippen LogP contribution in [0.1, 0.15) is 13.8 Å². The molecule has 0 aliphatic carbocycles. The number of nitrogens with one attached hydrogen (secondary N) is 7. The van der Waals surface area contributed by atoms with Gasteiger partial charge in [0, 0.05) is 85.8 Å². The van der Waals surface area contributed by atoms with E-state index in [2.05, 4.69) is 53.2 Å². The summed E-state index contributed by atoms with van der Waals surface area (Å²) in [4.78, 5) is 21.5. The van der Waals surface area contributed by atoms with E-state index in [1.54, 1.807) is 13.8 Å². The quantitative estimate of drug-likeness (QED) is 0.0509. The second-order valence-electron chi connectivity index (χ2n) is 8.31. The van der Waals surface area contributed by atoms with Crippen LogP contribution in [0.4, 0.5) is 0 Å². The molecule has 2 amide bonds. The van der Waals surface area contributed by atoms with Crippen LogP contribution in [0.25, 0.3) is 0 Å². The number of quaternary nitrogens is 3. The molecule has 0 saturated carbocycles. The minimum absolute atomic E-state index is 0.0267. The van der Waals surface area contributed by atoms with Gasteiger partial charge in [0.05, 0.1) is 45.8 Å². The molecule has 0 atom stereocenters. The lowest BCUT2D eigenvalue weighted by Gasteiger charge is -2.08. The summed E-state index contributed by atoms with van der Waals surface area (Å²) in [6, 6.07) is 0. The molecule has 202 valence electrons. The third-order valence-corrected chi connectivity index (χ3v) is 4.98. The average Bonchev–Trinajstić information content (AvgIpc) is 2.80. The van der Waals surface area contributed by atoms with Crippen molar-refractivity contribution < 1.29 is 25.5 Å². The zero-order chi connectivity index (χ0) is 25.0. The highest BCUT2D eigenvalue weighted by molar-refractivity contribution is 5.73.